The van der Waals surface area contributed by atoms with Crippen molar-refractivity contribution in [2.45, 2.75) is 50.8 Å². The van der Waals surface area contributed by atoms with E-state index in [1.165, 1.54) is 23.2 Å². The lowest BCUT2D eigenvalue weighted by Gasteiger charge is -2.45. The van der Waals surface area contributed by atoms with Gasteiger partial charge < -0.3 is 19.1 Å². The van der Waals surface area contributed by atoms with Gasteiger partial charge in [0.15, 0.2) is 17.4 Å². The summed E-state index contributed by atoms with van der Waals surface area (Å²) < 4.78 is 57.0. The minimum atomic E-state index is -4.51. The highest BCUT2D eigenvalue weighted by atomic mass is 19.4. The first-order valence-electron chi connectivity index (χ1n) is 13.2. The maximum absolute atomic E-state index is 13.6. The summed E-state index contributed by atoms with van der Waals surface area (Å²) in [6.07, 6.45) is -0.160. The fourth-order valence-corrected chi connectivity index (χ4v) is 5.22. The molecule has 2 atom stereocenters. The molecule has 0 radical (unpaired) electrons. The number of fused-ring (bicyclic) bond motifs is 4. The summed E-state index contributed by atoms with van der Waals surface area (Å²) >= 11 is 0. The number of alkyl halides is 3. The number of ether oxygens (including phenoxy) is 3. The molecule has 0 spiro atoms. The van der Waals surface area contributed by atoms with Gasteiger partial charge in [0.1, 0.15) is 12.7 Å². The number of aromatic nitrogens is 4. The molecular formula is C27H28F3N7O4. The van der Waals surface area contributed by atoms with Gasteiger partial charge in [-0.05, 0) is 38.8 Å². The molecule has 3 aliphatic rings. The summed E-state index contributed by atoms with van der Waals surface area (Å²) in [6.45, 7) is 5.59. The molecule has 41 heavy (non-hydrogen) atoms. The first-order chi connectivity index (χ1) is 19.6. The van der Waals surface area contributed by atoms with Crippen molar-refractivity contribution in [2.24, 2.45) is 0 Å². The molecule has 2 aromatic heterocycles. The van der Waals surface area contributed by atoms with E-state index in [4.69, 9.17) is 14.2 Å². The summed E-state index contributed by atoms with van der Waals surface area (Å²) in [5, 5.41) is 2.73. The monoisotopic (exact) mass is 571 g/mol. The van der Waals surface area contributed by atoms with Crippen LogP contribution in [0.1, 0.15) is 32.3 Å². The Hall–Kier alpha value is -4.04. The molecule has 1 N–H and O–H groups in total. The number of carbonyl (C=O) groups excluding carboxylic acids is 1. The molecule has 0 aliphatic carbocycles. The van der Waals surface area contributed by atoms with Crippen LogP contribution in [0.4, 0.5) is 35.4 Å². The van der Waals surface area contributed by atoms with Gasteiger partial charge in [0.25, 0.3) is 0 Å². The van der Waals surface area contributed by atoms with Gasteiger partial charge in [0, 0.05) is 30.9 Å². The van der Waals surface area contributed by atoms with Crippen LogP contribution in [-0.4, -0.2) is 70.2 Å². The van der Waals surface area contributed by atoms with Crippen molar-refractivity contribution in [2.75, 3.05) is 41.4 Å². The average molecular weight is 572 g/mol. The molecule has 14 heteroatoms. The molecule has 1 aromatic carbocycles. The van der Waals surface area contributed by atoms with Crippen LogP contribution in [0.25, 0.3) is 11.4 Å². The van der Waals surface area contributed by atoms with Crippen LogP contribution in [0.2, 0.25) is 0 Å². The van der Waals surface area contributed by atoms with Gasteiger partial charge in [-0.1, -0.05) is 12.1 Å². The Bertz CT molecular complexity index is 1450. The third-order valence-electron chi connectivity index (χ3n) is 7.08. The number of anilines is 3. The molecule has 3 aliphatic heterocycles. The largest absolute Gasteiger partial charge is 0.475 e. The van der Waals surface area contributed by atoms with Crippen molar-refractivity contribution < 1.29 is 32.2 Å². The molecule has 3 aromatic rings. The highest BCUT2D eigenvalue weighted by Gasteiger charge is 2.39. The van der Waals surface area contributed by atoms with Gasteiger partial charge in [-0.15, -0.1) is 0 Å². The number of carbonyl (C=O) groups is 1. The average Bonchev–Trinajstić information content (AvgIpc) is 3.30. The normalized spacial score (nSPS) is 21.4. The molecule has 2 amide bonds. The zero-order valence-corrected chi connectivity index (χ0v) is 22.4. The molecular weight excluding hydrogens is 543 g/mol. The fraction of sp³-hybridized carbons (Fsp3) is 0.444. The summed E-state index contributed by atoms with van der Waals surface area (Å²) in [5.41, 5.74) is 0.0231. The maximum Gasteiger partial charge on any atom is 0.416 e. The number of hydrogen-bond acceptors (Lipinski definition) is 9. The van der Waals surface area contributed by atoms with Gasteiger partial charge in [0.05, 0.1) is 30.1 Å². The predicted octanol–water partition coefficient (Wildman–Crippen LogP) is 4.50. The summed E-state index contributed by atoms with van der Waals surface area (Å²) in [7, 11) is 0. The van der Waals surface area contributed by atoms with Crippen LogP contribution in [0, 0.1) is 0 Å². The Morgan fingerprint density at radius 1 is 1.22 bits per heavy atom. The smallest absolute Gasteiger partial charge is 0.416 e. The molecule has 6 rings (SSSR count). The fourth-order valence-electron chi connectivity index (χ4n) is 5.22. The minimum Gasteiger partial charge on any atom is -0.475 e. The summed E-state index contributed by atoms with van der Waals surface area (Å²) in [5.74, 6) is 0.00283. The van der Waals surface area contributed by atoms with Crippen molar-refractivity contribution in [1.29, 1.82) is 0 Å². The number of hydrogen-bond donors (Lipinski definition) is 1. The molecule has 11 nitrogen and oxygen atoms in total. The van der Waals surface area contributed by atoms with E-state index in [0.29, 0.717) is 24.7 Å². The van der Waals surface area contributed by atoms with E-state index in [1.54, 1.807) is 12.3 Å². The number of rotatable bonds is 5. The lowest BCUT2D eigenvalue weighted by atomic mass is 10.0. The van der Waals surface area contributed by atoms with Gasteiger partial charge in [-0.25, -0.2) is 19.7 Å². The zero-order chi connectivity index (χ0) is 28.8. The van der Waals surface area contributed by atoms with Crippen molar-refractivity contribution in [3.8, 4) is 17.3 Å². The molecule has 0 saturated carbocycles. The zero-order valence-electron chi connectivity index (χ0n) is 22.4. The predicted molar refractivity (Wildman–Crippen MR) is 142 cm³/mol. The van der Waals surface area contributed by atoms with E-state index < -0.39 is 23.6 Å². The second-order valence-electron chi connectivity index (χ2n) is 10.5. The minimum absolute atomic E-state index is 0.0309. The standard InChI is InChI=1S/C27H28F3N7O4/c1-26(2)40-15-19(41-26)14-39-21-8-9-31-24(33-21)35-25(38)37-18-7-4-10-36(13-18)20-12-32-22(34-23(20)37)16-5-3-6-17(11-16)27(28,29)30/h3,5-6,8-9,11-12,18-19H,4,7,10,13-15H2,1-2H3,(H,31,33,35,38)/t18?,19-/m0/s1. The quantitative estimate of drug-likeness (QED) is 0.473. The Morgan fingerprint density at radius 3 is 2.85 bits per heavy atom. The van der Waals surface area contributed by atoms with Crippen molar-refractivity contribution in [3.63, 3.8) is 0 Å². The van der Waals surface area contributed by atoms with Gasteiger partial charge >= 0.3 is 12.2 Å². The second kappa shape index (κ2) is 10.4. The van der Waals surface area contributed by atoms with Crippen LogP contribution >= 0.6 is 0 Å². The maximum atomic E-state index is 13.6. The van der Waals surface area contributed by atoms with Crippen LogP contribution in [0.5, 0.6) is 5.88 Å². The van der Waals surface area contributed by atoms with E-state index in [9.17, 15) is 18.0 Å². The Labute approximate surface area is 233 Å². The third-order valence-corrected chi connectivity index (χ3v) is 7.08. The van der Waals surface area contributed by atoms with Gasteiger partial charge in [-0.2, -0.15) is 18.2 Å². The molecule has 2 bridgehead atoms. The number of benzene rings is 1. The second-order valence-corrected chi connectivity index (χ2v) is 10.5. The number of halogens is 3. The molecule has 1 unspecified atom stereocenters. The Balaban J connectivity index is 1.24. The topological polar surface area (TPSA) is 115 Å². The highest BCUT2D eigenvalue weighted by molar-refractivity contribution is 6.03. The van der Waals surface area contributed by atoms with Crippen molar-refractivity contribution in [3.05, 3.63) is 48.3 Å². The van der Waals surface area contributed by atoms with E-state index in [1.807, 2.05) is 13.8 Å². The molecule has 2 saturated heterocycles. The van der Waals surface area contributed by atoms with Crippen LogP contribution < -0.4 is 19.9 Å². The third kappa shape index (κ3) is 5.75. The number of amides is 2. The molecule has 216 valence electrons. The number of nitrogens with zero attached hydrogens (tertiary/aromatic N) is 6. The van der Waals surface area contributed by atoms with Crippen LogP contribution in [0.3, 0.4) is 0 Å². The van der Waals surface area contributed by atoms with Gasteiger partial charge in [-0.3, -0.25) is 10.2 Å². The Kier molecular flexibility index (Phi) is 6.90. The first kappa shape index (κ1) is 27.1. The molecule has 5 heterocycles. The number of nitrogens with one attached hydrogen (secondary N) is 1. The van der Waals surface area contributed by atoms with Crippen LogP contribution in [0.15, 0.2) is 42.7 Å². The summed E-state index contributed by atoms with van der Waals surface area (Å²) in [4.78, 5) is 34.6. The van der Waals surface area contributed by atoms with Crippen molar-refractivity contribution >= 4 is 23.5 Å². The van der Waals surface area contributed by atoms with E-state index in [-0.39, 0.29) is 42.0 Å². The van der Waals surface area contributed by atoms with E-state index >= 15 is 0 Å². The number of piperidine rings is 1. The van der Waals surface area contributed by atoms with Crippen molar-refractivity contribution in [1.82, 2.24) is 19.9 Å². The summed E-state index contributed by atoms with van der Waals surface area (Å²) in [6, 6.07) is 5.66. The molecule has 2 fully saturated rings. The SMILES string of the molecule is CC1(C)OC[C@H](COc2ccnc(NC(=O)N3c4nc(-c5cccc(C(F)(F)F)c5)ncc4N4CCCC3C4)n2)O1. The Morgan fingerprint density at radius 2 is 2.07 bits per heavy atom. The highest BCUT2D eigenvalue weighted by Crippen LogP contribution is 2.39. The van der Waals surface area contributed by atoms with Crippen LogP contribution in [-0.2, 0) is 15.7 Å². The van der Waals surface area contributed by atoms with E-state index in [2.05, 4.69) is 30.2 Å². The lowest BCUT2D eigenvalue weighted by Crippen LogP contribution is -2.56. The number of urea groups is 1. The lowest BCUT2D eigenvalue weighted by molar-refractivity contribution is -0.141. The van der Waals surface area contributed by atoms with Gasteiger partial charge in [0.2, 0.25) is 11.8 Å². The first-order valence-corrected chi connectivity index (χ1v) is 13.2. The van der Waals surface area contributed by atoms with E-state index in [0.717, 1.165) is 31.5 Å².